The van der Waals surface area contributed by atoms with Crippen molar-refractivity contribution >= 4 is 12.6 Å². The third-order valence-corrected chi connectivity index (χ3v) is 2.83. The summed E-state index contributed by atoms with van der Waals surface area (Å²) in [6, 6.07) is 8.42. The van der Waals surface area contributed by atoms with Crippen molar-refractivity contribution in [1.29, 1.82) is 0 Å². The van der Waals surface area contributed by atoms with Gasteiger partial charge in [0.2, 0.25) is 0 Å². The van der Waals surface area contributed by atoms with Crippen LogP contribution in [0.25, 0.3) is 0 Å². The predicted octanol–water partition coefficient (Wildman–Crippen LogP) is 3.66. The molecule has 0 unspecified atom stereocenters. The van der Waals surface area contributed by atoms with Gasteiger partial charge in [-0.15, -0.1) is 12.6 Å². The summed E-state index contributed by atoms with van der Waals surface area (Å²) in [5.41, 5.74) is 1.68. The van der Waals surface area contributed by atoms with Crippen molar-refractivity contribution in [2.75, 3.05) is 0 Å². The summed E-state index contributed by atoms with van der Waals surface area (Å²) in [6.45, 7) is 6.75. The summed E-state index contributed by atoms with van der Waals surface area (Å²) >= 11 is 4.26. The Morgan fingerprint density at radius 3 is 2.08 bits per heavy atom. The molecule has 0 aromatic heterocycles. The van der Waals surface area contributed by atoms with Gasteiger partial charge in [-0.25, -0.2) is 0 Å². The number of thiol groups is 1. The number of hydrogen-bond acceptors (Lipinski definition) is 1. The van der Waals surface area contributed by atoms with E-state index in [1.54, 1.807) is 0 Å². The van der Waals surface area contributed by atoms with Crippen LogP contribution in [0.5, 0.6) is 0 Å². The molecule has 0 bridgehead atoms. The van der Waals surface area contributed by atoms with E-state index in [4.69, 9.17) is 0 Å². The van der Waals surface area contributed by atoms with Gasteiger partial charge in [-0.3, -0.25) is 0 Å². The molecule has 1 heteroatoms. The lowest BCUT2D eigenvalue weighted by Gasteiger charge is -2.23. The maximum absolute atomic E-state index is 4.26. The van der Waals surface area contributed by atoms with E-state index in [-0.39, 0.29) is 0 Å². The second kappa shape index (κ2) is 3.53. The molecule has 66 valence electrons. The minimum absolute atomic E-state index is 0.293. The van der Waals surface area contributed by atoms with Crippen LogP contribution in [-0.2, 0) is 5.41 Å². The molecule has 0 fully saturated rings. The Bertz CT molecular complexity index is 246. The minimum Gasteiger partial charge on any atom is -0.143 e. The van der Waals surface area contributed by atoms with E-state index in [2.05, 4.69) is 57.7 Å². The SMILES string of the molecule is CCC(C)(C)c1ccc(S)cc1. The van der Waals surface area contributed by atoms with Crippen LogP contribution in [0.15, 0.2) is 29.2 Å². The molecule has 0 heterocycles. The van der Waals surface area contributed by atoms with Gasteiger partial charge >= 0.3 is 0 Å². The third-order valence-electron chi connectivity index (χ3n) is 2.53. The van der Waals surface area contributed by atoms with Crippen molar-refractivity contribution in [1.82, 2.24) is 0 Å². The van der Waals surface area contributed by atoms with Crippen LogP contribution < -0.4 is 0 Å². The summed E-state index contributed by atoms with van der Waals surface area (Å²) in [5, 5.41) is 0. The topological polar surface area (TPSA) is 0 Å². The van der Waals surface area contributed by atoms with Gasteiger partial charge in [0, 0.05) is 4.90 Å². The van der Waals surface area contributed by atoms with Crippen molar-refractivity contribution in [2.24, 2.45) is 0 Å². The largest absolute Gasteiger partial charge is 0.143 e. The van der Waals surface area contributed by atoms with Crippen LogP contribution in [-0.4, -0.2) is 0 Å². The zero-order chi connectivity index (χ0) is 9.19. The summed E-state index contributed by atoms with van der Waals surface area (Å²) < 4.78 is 0. The van der Waals surface area contributed by atoms with Gasteiger partial charge in [0.05, 0.1) is 0 Å². The molecule has 0 saturated carbocycles. The Morgan fingerprint density at radius 1 is 1.17 bits per heavy atom. The monoisotopic (exact) mass is 180 g/mol. The van der Waals surface area contributed by atoms with Gasteiger partial charge in [-0.05, 0) is 29.5 Å². The highest BCUT2D eigenvalue weighted by molar-refractivity contribution is 7.80. The molecule has 0 spiro atoms. The highest BCUT2D eigenvalue weighted by Crippen LogP contribution is 2.26. The zero-order valence-electron chi connectivity index (χ0n) is 7.96. The Morgan fingerprint density at radius 2 is 1.67 bits per heavy atom. The second-order valence-corrected chi connectivity index (χ2v) is 4.30. The Labute approximate surface area is 80.4 Å². The Hall–Kier alpha value is -0.430. The van der Waals surface area contributed by atoms with E-state index >= 15 is 0 Å². The number of hydrogen-bond donors (Lipinski definition) is 1. The lowest BCUT2D eigenvalue weighted by molar-refractivity contribution is 0.506. The number of rotatable bonds is 2. The fourth-order valence-electron chi connectivity index (χ4n) is 1.12. The lowest BCUT2D eigenvalue weighted by atomic mass is 9.82. The third kappa shape index (κ3) is 2.04. The van der Waals surface area contributed by atoms with Crippen molar-refractivity contribution in [2.45, 2.75) is 37.5 Å². The van der Waals surface area contributed by atoms with Crippen LogP contribution in [0.1, 0.15) is 32.8 Å². The highest BCUT2D eigenvalue weighted by Gasteiger charge is 2.16. The smallest absolute Gasteiger partial charge is 0.00401 e. The van der Waals surface area contributed by atoms with E-state index in [1.807, 2.05) is 0 Å². The lowest BCUT2D eigenvalue weighted by Crippen LogP contribution is -2.14. The maximum Gasteiger partial charge on any atom is 0.00401 e. The molecule has 0 saturated heterocycles. The summed E-state index contributed by atoms with van der Waals surface area (Å²) in [4.78, 5) is 1.03. The molecule has 0 aliphatic heterocycles. The van der Waals surface area contributed by atoms with Gasteiger partial charge < -0.3 is 0 Å². The van der Waals surface area contributed by atoms with E-state index in [1.165, 1.54) is 12.0 Å². The molecule has 0 nitrogen and oxygen atoms in total. The van der Waals surface area contributed by atoms with Crippen LogP contribution in [0.2, 0.25) is 0 Å². The molecule has 0 radical (unpaired) electrons. The molecule has 0 aliphatic rings. The maximum atomic E-state index is 4.26. The second-order valence-electron chi connectivity index (χ2n) is 3.78. The van der Waals surface area contributed by atoms with Gasteiger partial charge in [-0.2, -0.15) is 0 Å². The summed E-state index contributed by atoms with van der Waals surface area (Å²) in [5.74, 6) is 0. The normalized spacial score (nSPS) is 11.7. The molecule has 0 atom stereocenters. The van der Waals surface area contributed by atoms with E-state index in [0.717, 1.165) is 4.90 Å². The van der Waals surface area contributed by atoms with Crippen LogP contribution in [0.4, 0.5) is 0 Å². The van der Waals surface area contributed by atoms with Gasteiger partial charge in [0.15, 0.2) is 0 Å². The van der Waals surface area contributed by atoms with Gasteiger partial charge in [-0.1, -0.05) is 32.9 Å². The predicted molar refractivity (Wildman–Crippen MR) is 57.0 cm³/mol. The average molecular weight is 180 g/mol. The first kappa shape index (κ1) is 9.66. The molecule has 1 aromatic rings. The Kier molecular flexibility index (Phi) is 2.84. The fourth-order valence-corrected chi connectivity index (χ4v) is 1.27. The first-order chi connectivity index (χ1) is 5.56. The summed E-state index contributed by atoms with van der Waals surface area (Å²) in [6.07, 6.45) is 1.17. The quantitative estimate of drug-likeness (QED) is 0.660. The van der Waals surface area contributed by atoms with E-state index in [0.29, 0.717) is 5.41 Å². The molecule has 0 aliphatic carbocycles. The molecular formula is C11H16S. The molecule has 0 N–H and O–H groups in total. The van der Waals surface area contributed by atoms with Crippen LogP contribution >= 0.6 is 12.6 Å². The van der Waals surface area contributed by atoms with Crippen molar-refractivity contribution < 1.29 is 0 Å². The molecule has 1 aromatic carbocycles. The Balaban J connectivity index is 2.96. The summed E-state index contributed by atoms with van der Waals surface area (Å²) in [7, 11) is 0. The van der Waals surface area contributed by atoms with Gasteiger partial charge in [0.1, 0.15) is 0 Å². The van der Waals surface area contributed by atoms with Crippen LogP contribution in [0, 0.1) is 0 Å². The van der Waals surface area contributed by atoms with E-state index < -0.39 is 0 Å². The average Bonchev–Trinajstić information content (AvgIpc) is 2.05. The van der Waals surface area contributed by atoms with Crippen molar-refractivity contribution in [3.05, 3.63) is 29.8 Å². The van der Waals surface area contributed by atoms with Crippen LogP contribution in [0.3, 0.4) is 0 Å². The standard InChI is InChI=1S/C11H16S/c1-4-11(2,3)9-5-7-10(12)8-6-9/h5-8,12H,4H2,1-3H3. The minimum atomic E-state index is 0.293. The molecular weight excluding hydrogens is 164 g/mol. The molecule has 0 amide bonds. The van der Waals surface area contributed by atoms with Gasteiger partial charge in [0.25, 0.3) is 0 Å². The molecule has 1 rings (SSSR count). The zero-order valence-corrected chi connectivity index (χ0v) is 8.86. The van der Waals surface area contributed by atoms with E-state index in [9.17, 15) is 0 Å². The first-order valence-electron chi connectivity index (χ1n) is 4.36. The fraction of sp³-hybridized carbons (Fsp3) is 0.455. The van der Waals surface area contributed by atoms with Crippen molar-refractivity contribution in [3.8, 4) is 0 Å². The number of benzene rings is 1. The first-order valence-corrected chi connectivity index (χ1v) is 4.80. The highest BCUT2D eigenvalue weighted by atomic mass is 32.1. The molecule has 12 heavy (non-hydrogen) atoms. The van der Waals surface area contributed by atoms with Crippen molar-refractivity contribution in [3.63, 3.8) is 0 Å².